The van der Waals surface area contributed by atoms with E-state index >= 15 is 0 Å². The summed E-state index contributed by atoms with van der Waals surface area (Å²) in [5, 5.41) is 6.67. The van der Waals surface area contributed by atoms with E-state index in [-0.39, 0.29) is 24.0 Å². The molecule has 27 heavy (non-hydrogen) atoms. The number of nitrogens with zero attached hydrogens (tertiary/aromatic N) is 1. The topological polar surface area (TPSA) is 54.9 Å². The molecule has 0 radical (unpaired) electrons. The summed E-state index contributed by atoms with van der Waals surface area (Å²) >= 11 is 0. The molecule has 5 nitrogen and oxygen atoms in total. The molecule has 148 valence electrons. The molecule has 0 aromatic heterocycles. The molecule has 0 spiro atoms. The minimum absolute atomic E-state index is 0. The number of benzene rings is 2. The number of guanidine groups is 1. The zero-order valence-corrected chi connectivity index (χ0v) is 18.4. The Labute approximate surface area is 179 Å². The highest BCUT2D eigenvalue weighted by molar-refractivity contribution is 14.0. The number of ether oxygens (including phenoxy) is 2. The molecular formula is C21H30IN3O2. The van der Waals surface area contributed by atoms with Crippen molar-refractivity contribution in [3.8, 4) is 0 Å². The Morgan fingerprint density at radius 2 is 1.48 bits per heavy atom. The van der Waals surface area contributed by atoms with Gasteiger partial charge in [-0.1, -0.05) is 54.6 Å². The Morgan fingerprint density at radius 1 is 0.852 bits per heavy atom. The lowest BCUT2D eigenvalue weighted by Gasteiger charge is -2.13. The first-order valence-electron chi connectivity index (χ1n) is 9.03. The number of nitrogens with one attached hydrogen (secondary N) is 2. The van der Waals surface area contributed by atoms with Crippen molar-refractivity contribution in [3.05, 3.63) is 71.3 Å². The Kier molecular flexibility index (Phi) is 12.5. The summed E-state index contributed by atoms with van der Waals surface area (Å²) in [7, 11) is 1.78. The maximum Gasteiger partial charge on any atom is 0.191 e. The lowest BCUT2D eigenvalue weighted by molar-refractivity contribution is 0.0453. The van der Waals surface area contributed by atoms with E-state index in [9.17, 15) is 0 Å². The van der Waals surface area contributed by atoms with Gasteiger partial charge in [0.2, 0.25) is 0 Å². The average molecular weight is 483 g/mol. The van der Waals surface area contributed by atoms with E-state index in [0.29, 0.717) is 26.4 Å². The molecule has 0 aliphatic rings. The van der Waals surface area contributed by atoms with Crippen LogP contribution in [0.3, 0.4) is 0 Å². The highest BCUT2D eigenvalue weighted by Gasteiger charge is 2.01. The molecule has 0 aliphatic heterocycles. The number of halogens is 1. The van der Waals surface area contributed by atoms with Crippen molar-refractivity contribution in [2.45, 2.75) is 26.6 Å². The first-order valence-corrected chi connectivity index (χ1v) is 9.03. The van der Waals surface area contributed by atoms with E-state index in [1.807, 2.05) is 25.1 Å². The number of aliphatic imine (C=N–C) groups is 1. The van der Waals surface area contributed by atoms with E-state index in [4.69, 9.17) is 9.47 Å². The van der Waals surface area contributed by atoms with Crippen LogP contribution in [0.1, 0.15) is 23.6 Å². The minimum atomic E-state index is 0. The van der Waals surface area contributed by atoms with Crippen LogP contribution in [-0.2, 0) is 29.2 Å². The zero-order chi connectivity index (χ0) is 18.5. The molecule has 2 aromatic carbocycles. The third-order valence-electron chi connectivity index (χ3n) is 3.82. The summed E-state index contributed by atoms with van der Waals surface area (Å²) in [4.78, 5) is 4.27. The normalized spacial score (nSPS) is 11.0. The van der Waals surface area contributed by atoms with E-state index in [1.165, 1.54) is 11.1 Å². The summed E-state index contributed by atoms with van der Waals surface area (Å²) in [6, 6.07) is 18.7. The fourth-order valence-corrected chi connectivity index (χ4v) is 2.47. The van der Waals surface area contributed by atoms with Crippen LogP contribution in [0.5, 0.6) is 0 Å². The van der Waals surface area contributed by atoms with Crippen molar-refractivity contribution in [1.29, 1.82) is 0 Å². The second-order valence-corrected chi connectivity index (χ2v) is 5.83. The first kappa shape index (κ1) is 23.4. The average Bonchev–Trinajstić information content (AvgIpc) is 2.69. The largest absolute Gasteiger partial charge is 0.379 e. The molecule has 2 rings (SSSR count). The van der Waals surface area contributed by atoms with Gasteiger partial charge < -0.3 is 20.1 Å². The quantitative estimate of drug-likeness (QED) is 0.234. The molecule has 0 bridgehead atoms. The molecule has 2 N–H and O–H groups in total. The van der Waals surface area contributed by atoms with Crippen LogP contribution in [-0.4, -0.2) is 32.8 Å². The smallest absolute Gasteiger partial charge is 0.191 e. The molecule has 0 unspecified atom stereocenters. The van der Waals surface area contributed by atoms with Crippen LogP contribution in [0.25, 0.3) is 0 Å². The molecule has 0 saturated heterocycles. The van der Waals surface area contributed by atoms with Gasteiger partial charge in [-0.15, -0.1) is 24.0 Å². The second kappa shape index (κ2) is 14.4. The number of rotatable bonds is 10. The first-order chi connectivity index (χ1) is 12.8. The lowest BCUT2D eigenvalue weighted by Crippen LogP contribution is -2.36. The van der Waals surface area contributed by atoms with Gasteiger partial charge in [0.1, 0.15) is 0 Å². The van der Waals surface area contributed by atoms with Crippen molar-refractivity contribution in [1.82, 2.24) is 10.6 Å². The van der Waals surface area contributed by atoms with Crippen LogP contribution in [0.2, 0.25) is 0 Å². The molecule has 0 atom stereocenters. The SMILES string of the molecule is CCOCCOCc1cccc(CNC(=NC)NCc2ccccc2)c1.I. The predicted octanol–water partition coefficient (Wildman–Crippen LogP) is 3.72. The van der Waals surface area contributed by atoms with Gasteiger partial charge in [0.25, 0.3) is 0 Å². The van der Waals surface area contributed by atoms with E-state index in [1.54, 1.807) is 7.05 Å². The highest BCUT2D eigenvalue weighted by atomic mass is 127. The molecule has 6 heteroatoms. The summed E-state index contributed by atoms with van der Waals surface area (Å²) in [6.45, 7) is 6.02. The Bertz CT molecular complexity index is 665. The molecule has 0 saturated carbocycles. The molecule has 2 aromatic rings. The van der Waals surface area contributed by atoms with Gasteiger partial charge in [0, 0.05) is 26.7 Å². The zero-order valence-electron chi connectivity index (χ0n) is 16.1. The van der Waals surface area contributed by atoms with Crippen LogP contribution >= 0.6 is 24.0 Å². The summed E-state index contributed by atoms with van der Waals surface area (Å²) in [5.41, 5.74) is 3.58. The van der Waals surface area contributed by atoms with Crippen molar-refractivity contribution >= 4 is 29.9 Å². The number of hydrogen-bond donors (Lipinski definition) is 2. The van der Waals surface area contributed by atoms with Crippen molar-refractivity contribution in [2.75, 3.05) is 26.9 Å². The number of hydrogen-bond acceptors (Lipinski definition) is 3. The maximum absolute atomic E-state index is 5.63. The molecule has 0 amide bonds. The summed E-state index contributed by atoms with van der Waals surface area (Å²) < 4.78 is 10.9. The fraction of sp³-hybridized carbons (Fsp3) is 0.381. The van der Waals surface area contributed by atoms with Gasteiger partial charge in [-0.05, 0) is 23.6 Å². The molecule has 0 aliphatic carbocycles. The fourth-order valence-electron chi connectivity index (χ4n) is 2.47. The molecule has 0 fully saturated rings. The lowest BCUT2D eigenvalue weighted by atomic mass is 10.1. The van der Waals surface area contributed by atoms with Crippen molar-refractivity contribution in [2.24, 2.45) is 4.99 Å². The minimum Gasteiger partial charge on any atom is -0.379 e. The van der Waals surface area contributed by atoms with Crippen LogP contribution < -0.4 is 10.6 Å². The van der Waals surface area contributed by atoms with Crippen molar-refractivity contribution in [3.63, 3.8) is 0 Å². The Hall–Kier alpha value is -1.64. The van der Waals surface area contributed by atoms with Crippen LogP contribution in [0.4, 0.5) is 0 Å². The summed E-state index contributed by atoms with van der Waals surface area (Å²) in [6.07, 6.45) is 0. The van der Waals surface area contributed by atoms with Gasteiger partial charge in [0.15, 0.2) is 5.96 Å². The van der Waals surface area contributed by atoms with Gasteiger partial charge in [-0.25, -0.2) is 0 Å². The van der Waals surface area contributed by atoms with Crippen LogP contribution in [0.15, 0.2) is 59.6 Å². The second-order valence-electron chi connectivity index (χ2n) is 5.83. The standard InChI is InChI=1S/C21H29N3O2.HI/c1-3-25-12-13-26-17-20-11-7-10-19(14-20)16-24-21(22-2)23-15-18-8-5-4-6-9-18;/h4-11,14H,3,12-13,15-17H2,1-2H3,(H2,22,23,24);1H. The van der Waals surface area contributed by atoms with Gasteiger partial charge in [0.05, 0.1) is 19.8 Å². The predicted molar refractivity (Wildman–Crippen MR) is 121 cm³/mol. The Balaban J connectivity index is 0.00000364. The third-order valence-corrected chi connectivity index (χ3v) is 3.82. The Morgan fingerprint density at radius 3 is 2.19 bits per heavy atom. The van der Waals surface area contributed by atoms with E-state index < -0.39 is 0 Å². The maximum atomic E-state index is 5.63. The van der Waals surface area contributed by atoms with Crippen LogP contribution in [0, 0.1) is 0 Å². The van der Waals surface area contributed by atoms with E-state index in [0.717, 1.165) is 24.7 Å². The van der Waals surface area contributed by atoms with Crippen molar-refractivity contribution < 1.29 is 9.47 Å². The monoisotopic (exact) mass is 483 g/mol. The molecule has 0 heterocycles. The highest BCUT2D eigenvalue weighted by Crippen LogP contribution is 2.07. The molecular weight excluding hydrogens is 453 g/mol. The van der Waals surface area contributed by atoms with E-state index in [2.05, 4.69) is 52.0 Å². The third kappa shape index (κ3) is 9.74. The summed E-state index contributed by atoms with van der Waals surface area (Å²) in [5.74, 6) is 0.784. The van der Waals surface area contributed by atoms with Gasteiger partial charge in [-0.3, -0.25) is 4.99 Å². The van der Waals surface area contributed by atoms with Gasteiger partial charge in [-0.2, -0.15) is 0 Å². The van der Waals surface area contributed by atoms with Gasteiger partial charge >= 0.3 is 0 Å².